The van der Waals surface area contributed by atoms with E-state index in [4.69, 9.17) is 28.4 Å². The van der Waals surface area contributed by atoms with Crippen molar-refractivity contribution in [2.75, 3.05) is 0 Å². The summed E-state index contributed by atoms with van der Waals surface area (Å²) < 4.78 is 40.6. The summed E-state index contributed by atoms with van der Waals surface area (Å²) in [6, 6.07) is 9.40. The molecule has 4 N–H and O–H groups in total. The number of carbonyl (C=O) groups excluding carboxylic acids is 4. The summed E-state index contributed by atoms with van der Waals surface area (Å²) in [6.45, 7) is 21.3. The summed E-state index contributed by atoms with van der Waals surface area (Å²) in [5.74, 6) is -5.09. The van der Waals surface area contributed by atoms with Gasteiger partial charge in [-0.1, -0.05) is 92.1 Å². The molecular weight excluding hydrogens is 869 g/mol. The molecule has 0 bridgehead atoms. The molecule has 2 spiro atoms. The van der Waals surface area contributed by atoms with E-state index in [1.165, 1.54) is 13.0 Å². The summed E-state index contributed by atoms with van der Waals surface area (Å²) >= 11 is 0. The number of aliphatic hydroxyl groups is 2. The monoisotopic (exact) mass is 951 g/mol. The number of aliphatic hydroxyl groups excluding tert-OH is 1. The lowest BCUT2D eigenvalue weighted by Crippen LogP contribution is -2.63. The van der Waals surface area contributed by atoms with Gasteiger partial charge in [-0.15, -0.1) is 0 Å². The summed E-state index contributed by atoms with van der Waals surface area (Å²) in [7, 11) is 0. The standard InChI is InChI=1S/C54H82N2O12/c1-12-40(31-50(10,32-57)48(60)36(7)46-33(4)20-22-42(65-46)41(13-2)49(61)56-55-45(59)23-21-39-18-16-15-17-19-39)47-34(5)30-35(6)53(66-47)27-25-44(64-38(9)58)54(68-53)29-28-51(11,67-54)43-24-26-52(62,14-3)37(8)63-43/h15-19,21,23,25,27,32-37,40-44,46-48,60,62H,12-14,20,22,24,26,28-31H2,1-11H3,(H,55,59)(H,56,61)/b23-21+/t33-,34-,35+,36+,37-,40-,41?,42+,43+,44+,46+,47-,48-,50-,51-,52+,53-,54-/m0/s1. The second-order valence-corrected chi connectivity index (χ2v) is 21.6. The van der Waals surface area contributed by atoms with Crippen LogP contribution < -0.4 is 10.9 Å². The van der Waals surface area contributed by atoms with Crippen molar-refractivity contribution in [3.05, 3.63) is 54.1 Å². The van der Waals surface area contributed by atoms with Crippen LogP contribution >= 0.6 is 0 Å². The van der Waals surface area contributed by atoms with Gasteiger partial charge in [0.15, 0.2) is 11.9 Å². The maximum absolute atomic E-state index is 13.5. The van der Waals surface area contributed by atoms with Crippen molar-refractivity contribution < 1.29 is 57.8 Å². The molecule has 68 heavy (non-hydrogen) atoms. The van der Waals surface area contributed by atoms with Crippen LogP contribution in [-0.2, 0) is 47.6 Å². The molecule has 6 rings (SSSR count). The molecule has 1 aromatic rings. The van der Waals surface area contributed by atoms with Crippen LogP contribution in [-0.4, -0.2) is 99.8 Å². The normalized spacial score (nSPS) is 38.9. The van der Waals surface area contributed by atoms with Crippen LogP contribution in [0.2, 0.25) is 0 Å². The molecule has 0 aliphatic carbocycles. The van der Waals surface area contributed by atoms with Crippen LogP contribution in [0.3, 0.4) is 0 Å². The molecule has 1 unspecified atom stereocenters. The zero-order valence-corrected chi connectivity index (χ0v) is 42.5. The van der Waals surface area contributed by atoms with Crippen molar-refractivity contribution in [1.82, 2.24) is 10.9 Å². The molecule has 2 amide bonds. The van der Waals surface area contributed by atoms with Gasteiger partial charge >= 0.3 is 5.97 Å². The van der Waals surface area contributed by atoms with Gasteiger partial charge in [0, 0.05) is 36.7 Å². The number of benzene rings is 1. The van der Waals surface area contributed by atoms with E-state index in [-0.39, 0.29) is 41.8 Å². The first kappa shape index (κ1) is 53.8. The molecule has 14 nitrogen and oxygen atoms in total. The fourth-order valence-corrected chi connectivity index (χ4v) is 12.2. The molecule has 380 valence electrons. The Hall–Kier alpha value is -3.50. The highest BCUT2D eigenvalue weighted by molar-refractivity contribution is 5.93. The van der Waals surface area contributed by atoms with Gasteiger partial charge in [-0.05, 0) is 113 Å². The Kier molecular flexibility index (Phi) is 17.3. The molecule has 18 atom stereocenters. The first-order valence-electron chi connectivity index (χ1n) is 25.6. The van der Waals surface area contributed by atoms with Crippen LogP contribution in [0.25, 0.3) is 6.08 Å². The van der Waals surface area contributed by atoms with Crippen molar-refractivity contribution in [2.45, 2.75) is 212 Å². The molecule has 4 saturated heterocycles. The van der Waals surface area contributed by atoms with Gasteiger partial charge < -0.3 is 43.4 Å². The predicted molar refractivity (Wildman–Crippen MR) is 257 cm³/mol. The molecule has 5 aliphatic rings. The van der Waals surface area contributed by atoms with E-state index in [0.717, 1.165) is 24.7 Å². The van der Waals surface area contributed by atoms with Crippen LogP contribution in [0.15, 0.2) is 48.6 Å². The summed E-state index contributed by atoms with van der Waals surface area (Å²) in [5.41, 5.74) is 3.04. The number of aldehydes is 1. The van der Waals surface area contributed by atoms with Crippen LogP contribution in [0.5, 0.6) is 0 Å². The molecule has 5 heterocycles. The summed E-state index contributed by atoms with van der Waals surface area (Å²) in [4.78, 5) is 52.0. The largest absolute Gasteiger partial charge is 0.453 e. The number of hydrogen-bond donors (Lipinski definition) is 4. The quantitative estimate of drug-likeness (QED) is 0.0413. The first-order valence-corrected chi connectivity index (χ1v) is 25.6. The maximum Gasteiger partial charge on any atom is 0.303 e. The molecule has 0 aromatic heterocycles. The van der Waals surface area contributed by atoms with E-state index in [9.17, 15) is 29.4 Å². The minimum atomic E-state index is -1.37. The van der Waals surface area contributed by atoms with Crippen LogP contribution in [0, 0.1) is 40.9 Å². The number of hydrogen-bond acceptors (Lipinski definition) is 12. The second-order valence-electron chi connectivity index (χ2n) is 21.6. The fraction of sp³-hybridized carbons (Fsp3) is 0.741. The third-order valence-electron chi connectivity index (χ3n) is 16.7. The van der Waals surface area contributed by atoms with Gasteiger partial charge in [0.2, 0.25) is 11.7 Å². The molecule has 0 radical (unpaired) electrons. The molecule has 0 saturated carbocycles. The van der Waals surface area contributed by atoms with E-state index in [1.54, 1.807) is 6.08 Å². The molecule has 14 heteroatoms. The second kappa shape index (κ2) is 21.9. The van der Waals surface area contributed by atoms with E-state index in [2.05, 4.69) is 38.5 Å². The Morgan fingerprint density at radius 3 is 2.29 bits per heavy atom. The van der Waals surface area contributed by atoms with Crippen molar-refractivity contribution in [3.8, 4) is 0 Å². The van der Waals surface area contributed by atoms with Crippen LogP contribution in [0.1, 0.15) is 152 Å². The third kappa shape index (κ3) is 11.3. The lowest BCUT2D eigenvalue weighted by molar-refractivity contribution is -0.410. The number of carbonyl (C=O) groups is 4. The molecule has 4 fully saturated rings. The number of amides is 2. The maximum atomic E-state index is 13.5. The number of nitrogens with one attached hydrogen (secondary N) is 2. The van der Waals surface area contributed by atoms with Gasteiger partial charge in [0.1, 0.15) is 6.29 Å². The molecular formula is C54H82N2O12. The van der Waals surface area contributed by atoms with Crippen molar-refractivity contribution in [3.63, 3.8) is 0 Å². The average Bonchev–Trinajstić information content (AvgIpc) is 3.66. The summed E-state index contributed by atoms with van der Waals surface area (Å²) in [6.07, 6.45) is 10.1. The number of ether oxygens (including phenoxy) is 6. The topological polar surface area (TPSA) is 188 Å². The van der Waals surface area contributed by atoms with Gasteiger partial charge in [-0.25, -0.2) is 0 Å². The van der Waals surface area contributed by atoms with Crippen molar-refractivity contribution in [1.29, 1.82) is 0 Å². The molecule has 5 aliphatic heterocycles. The highest BCUT2D eigenvalue weighted by Crippen LogP contribution is 2.55. The highest BCUT2D eigenvalue weighted by atomic mass is 16.8. The Labute approximate surface area is 405 Å². The SMILES string of the molecule is CCC(C(=O)NNC(=O)/C=C/c1ccccc1)[C@H]1CC[C@H](C)[C@H]([C@@H](C)[C@H](O)[C@](C)(C=O)C[C@H](CC)[C@H]2O[C@]3(C=C[C@@H](OC(C)=O)[C@]4(CC[C@@](C)([C@H]5CC[C@](O)(CC)[C@H](C)O5)O4)O3)[C@H](C)C[C@@H]2C)O1. The molecule has 1 aromatic carbocycles. The fourth-order valence-electron chi connectivity index (χ4n) is 12.2. The van der Waals surface area contributed by atoms with Gasteiger partial charge in [0.05, 0.1) is 53.7 Å². The van der Waals surface area contributed by atoms with E-state index in [0.29, 0.717) is 57.8 Å². The smallest absolute Gasteiger partial charge is 0.303 e. The lowest BCUT2D eigenvalue weighted by atomic mass is 9.67. The van der Waals surface area contributed by atoms with Gasteiger partial charge in [0.25, 0.3) is 5.91 Å². The van der Waals surface area contributed by atoms with Gasteiger partial charge in [-0.3, -0.25) is 25.2 Å². The Morgan fingerprint density at radius 2 is 1.66 bits per heavy atom. The van der Waals surface area contributed by atoms with Crippen molar-refractivity contribution in [2.24, 2.45) is 40.9 Å². The predicted octanol–water partition coefficient (Wildman–Crippen LogP) is 7.93. The number of rotatable bonds is 16. The number of esters is 1. The zero-order valence-electron chi connectivity index (χ0n) is 42.5. The lowest BCUT2D eigenvalue weighted by Gasteiger charge is -2.55. The number of hydrazine groups is 1. The zero-order chi connectivity index (χ0) is 49.8. The van der Waals surface area contributed by atoms with Gasteiger partial charge in [-0.2, -0.15) is 0 Å². The van der Waals surface area contributed by atoms with E-state index in [1.807, 2.05) is 84.0 Å². The highest BCUT2D eigenvalue weighted by Gasteiger charge is 2.64. The minimum Gasteiger partial charge on any atom is -0.453 e. The van der Waals surface area contributed by atoms with E-state index >= 15 is 0 Å². The third-order valence-corrected chi connectivity index (χ3v) is 16.7. The Bertz CT molecular complexity index is 1970. The Balaban J connectivity index is 1.15. The first-order chi connectivity index (χ1) is 32.1. The minimum absolute atomic E-state index is 0.0471. The Morgan fingerprint density at radius 1 is 0.941 bits per heavy atom. The van der Waals surface area contributed by atoms with E-state index < -0.39 is 82.4 Å². The summed E-state index contributed by atoms with van der Waals surface area (Å²) in [5, 5.41) is 23.5. The van der Waals surface area contributed by atoms with Crippen LogP contribution in [0.4, 0.5) is 0 Å². The average molecular weight is 951 g/mol. The van der Waals surface area contributed by atoms with Crippen molar-refractivity contribution >= 4 is 30.1 Å².